The fraction of sp³-hybridized carbons (Fsp3) is 0.304. The molecule has 0 unspecified atom stereocenters. The molecule has 7 nitrogen and oxygen atoms in total. The summed E-state index contributed by atoms with van der Waals surface area (Å²) < 4.78 is 12.7. The number of aryl methyl sites for hydroxylation is 1. The molecule has 0 radical (unpaired) electrons. The average Bonchev–Trinajstić information content (AvgIpc) is 3.32. The molecule has 0 N–H and O–H groups in total. The molecule has 5 rings (SSSR count). The molecule has 1 aliphatic rings. The van der Waals surface area contributed by atoms with E-state index in [9.17, 15) is 4.79 Å². The molecule has 4 aromatic rings. The number of oxazole rings is 1. The summed E-state index contributed by atoms with van der Waals surface area (Å²) in [6.07, 6.45) is 2.69. The van der Waals surface area contributed by atoms with Crippen LogP contribution in [0.15, 0.2) is 56.3 Å². The minimum Gasteiger partial charge on any atom is -0.464 e. The summed E-state index contributed by atoms with van der Waals surface area (Å²) in [6, 6.07) is 13.6. The first-order chi connectivity index (χ1) is 14.6. The summed E-state index contributed by atoms with van der Waals surface area (Å²) in [5.41, 5.74) is 5.09. The van der Waals surface area contributed by atoms with Crippen molar-refractivity contribution in [2.75, 3.05) is 37.6 Å². The molecule has 1 fully saturated rings. The van der Waals surface area contributed by atoms with Gasteiger partial charge in [0.2, 0.25) is 0 Å². The Morgan fingerprint density at radius 1 is 1.13 bits per heavy atom. The van der Waals surface area contributed by atoms with Gasteiger partial charge < -0.3 is 13.7 Å². The Kier molecular flexibility index (Phi) is 4.57. The van der Waals surface area contributed by atoms with Crippen molar-refractivity contribution in [2.45, 2.75) is 6.42 Å². The third-order valence-corrected chi connectivity index (χ3v) is 5.99. The van der Waals surface area contributed by atoms with Crippen LogP contribution in [-0.4, -0.2) is 42.2 Å². The summed E-state index contributed by atoms with van der Waals surface area (Å²) >= 11 is 0. The number of fused-ring (bicyclic) bond motifs is 2. The molecule has 0 amide bonds. The molecule has 0 saturated carbocycles. The Morgan fingerprint density at radius 3 is 2.77 bits per heavy atom. The topological polar surface area (TPSA) is 78.6 Å². The maximum atomic E-state index is 11.9. The van der Waals surface area contributed by atoms with Gasteiger partial charge in [0.05, 0.1) is 29.1 Å². The number of benzene rings is 2. The van der Waals surface area contributed by atoms with Crippen LogP contribution >= 0.6 is 0 Å². The summed E-state index contributed by atoms with van der Waals surface area (Å²) in [6.45, 7) is 4.56. The fourth-order valence-electron chi connectivity index (χ4n) is 4.22. The smallest absolute Gasteiger partial charge is 0.419 e. The van der Waals surface area contributed by atoms with E-state index in [1.807, 2.05) is 30.3 Å². The normalized spacial score (nSPS) is 15.1. The van der Waals surface area contributed by atoms with Crippen molar-refractivity contribution in [3.63, 3.8) is 0 Å². The molecule has 0 bridgehead atoms. The average molecular weight is 402 g/mol. The quantitative estimate of drug-likeness (QED) is 0.522. The van der Waals surface area contributed by atoms with Crippen molar-refractivity contribution < 1.29 is 8.83 Å². The summed E-state index contributed by atoms with van der Waals surface area (Å²) in [7, 11) is 1.73. The Bertz CT molecular complexity index is 1320. The lowest BCUT2D eigenvalue weighted by atomic mass is 10.1. The predicted molar refractivity (Wildman–Crippen MR) is 115 cm³/mol. The Labute approximate surface area is 173 Å². The van der Waals surface area contributed by atoms with Gasteiger partial charge in [0.1, 0.15) is 5.58 Å². The molecule has 0 spiro atoms. The van der Waals surface area contributed by atoms with Gasteiger partial charge in [-0.05, 0) is 42.3 Å². The van der Waals surface area contributed by atoms with Crippen LogP contribution in [0.1, 0.15) is 11.1 Å². The van der Waals surface area contributed by atoms with E-state index in [4.69, 9.17) is 14.1 Å². The van der Waals surface area contributed by atoms with Crippen LogP contribution in [-0.2, 0) is 13.5 Å². The number of hydrogen-bond acceptors (Lipinski definition) is 6. The van der Waals surface area contributed by atoms with E-state index in [0.717, 1.165) is 66.9 Å². The van der Waals surface area contributed by atoms with Crippen molar-refractivity contribution in [3.8, 4) is 6.07 Å². The Morgan fingerprint density at radius 2 is 1.97 bits per heavy atom. The molecule has 1 saturated heterocycles. The van der Waals surface area contributed by atoms with Crippen molar-refractivity contribution >= 4 is 27.8 Å². The highest BCUT2D eigenvalue weighted by Gasteiger charge is 2.21. The maximum absolute atomic E-state index is 11.9. The number of para-hydroxylation sites is 1. The number of rotatable bonds is 4. The predicted octanol–water partition coefficient (Wildman–Crippen LogP) is 3.11. The van der Waals surface area contributed by atoms with Crippen LogP contribution in [0.5, 0.6) is 0 Å². The molecule has 1 aliphatic heterocycles. The number of nitrogens with zero attached hydrogens (tertiary/aromatic N) is 4. The maximum Gasteiger partial charge on any atom is 0.419 e. The molecule has 2 aromatic heterocycles. The zero-order chi connectivity index (χ0) is 20.7. The second-order valence-corrected chi connectivity index (χ2v) is 7.71. The summed E-state index contributed by atoms with van der Waals surface area (Å²) in [5.74, 6) is -0.331. The number of furan rings is 1. The molecule has 30 heavy (non-hydrogen) atoms. The second-order valence-electron chi connectivity index (χ2n) is 7.71. The second kappa shape index (κ2) is 7.39. The first-order valence-electron chi connectivity index (χ1n) is 10.1. The summed E-state index contributed by atoms with van der Waals surface area (Å²) in [4.78, 5) is 16.6. The Hall–Kier alpha value is -3.50. The van der Waals surface area contributed by atoms with E-state index in [0.29, 0.717) is 11.1 Å². The van der Waals surface area contributed by atoms with Crippen LogP contribution in [0.2, 0.25) is 0 Å². The first-order valence-corrected chi connectivity index (χ1v) is 10.1. The van der Waals surface area contributed by atoms with Crippen LogP contribution in [0, 0.1) is 11.3 Å². The zero-order valence-electron chi connectivity index (χ0n) is 16.8. The van der Waals surface area contributed by atoms with Gasteiger partial charge in [-0.25, -0.2) is 4.79 Å². The van der Waals surface area contributed by atoms with Gasteiger partial charge >= 0.3 is 5.76 Å². The van der Waals surface area contributed by atoms with E-state index >= 15 is 0 Å². The van der Waals surface area contributed by atoms with Gasteiger partial charge in [0.15, 0.2) is 5.58 Å². The Balaban J connectivity index is 1.26. The largest absolute Gasteiger partial charge is 0.464 e. The van der Waals surface area contributed by atoms with Crippen molar-refractivity contribution in [1.82, 2.24) is 9.47 Å². The first kappa shape index (κ1) is 18.5. The van der Waals surface area contributed by atoms with Crippen LogP contribution in [0.25, 0.3) is 22.1 Å². The molecular weight excluding hydrogens is 380 g/mol. The molecule has 7 heteroatoms. The fourth-order valence-corrected chi connectivity index (χ4v) is 4.22. The van der Waals surface area contributed by atoms with Crippen LogP contribution in [0.3, 0.4) is 0 Å². The van der Waals surface area contributed by atoms with Gasteiger partial charge in [-0.15, -0.1) is 0 Å². The third-order valence-electron chi connectivity index (χ3n) is 5.99. The third kappa shape index (κ3) is 3.15. The van der Waals surface area contributed by atoms with E-state index in [-0.39, 0.29) is 5.76 Å². The zero-order valence-corrected chi connectivity index (χ0v) is 16.8. The van der Waals surface area contributed by atoms with Gasteiger partial charge in [0.25, 0.3) is 0 Å². The molecule has 152 valence electrons. The SMILES string of the molecule is Cn1c(=O)oc2c(N3CCN(CCc4coc5ccc(C#N)cc45)CC3)cccc21. The molecule has 0 atom stereocenters. The van der Waals surface area contributed by atoms with E-state index < -0.39 is 0 Å². The molecule has 0 aliphatic carbocycles. The van der Waals surface area contributed by atoms with Gasteiger partial charge in [0, 0.05) is 45.2 Å². The van der Waals surface area contributed by atoms with E-state index in [1.54, 1.807) is 23.9 Å². The molecule has 2 aromatic carbocycles. The highest BCUT2D eigenvalue weighted by molar-refractivity contribution is 5.87. The molecule has 3 heterocycles. The monoisotopic (exact) mass is 402 g/mol. The van der Waals surface area contributed by atoms with Crippen molar-refractivity contribution in [2.24, 2.45) is 7.05 Å². The van der Waals surface area contributed by atoms with Gasteiger partial charge in [-0.3, -0.25) is 9.47 Å². The summed E-state index contributed by atoms with van der Waals surface area (Å²) in [5, 5.41) is 10.2. The minimum atomic E-state index is -0.331. The van der Waals surface area contributed by atoms with Gasteiger partial charge in [-0.1, -0.05) is 6.07 Å². The highest BCUT2D eigenvalue weighted by atomic mass is 16.4. The highest BCUT2D eigenvalue weighted by Crippen LogP contribution is 2.27. The standard InChI is InChI=1S/C23H22N4O3/c1-25-19-3-2-4-20(22(19)30-23(25)28)27-11-9-26(10-12-27)8-7-17-15-29-21-6-5-16(14-24)13-18(17)21/h2-6,13,15H,7-12H2,1H3. The lowest BCUT2D eigenvalue weighted by molar-refractivity contribution is 0.261. The number of anilines is 1. The lowest BCUT2D eigenvalue weighted by Gasteiger charge is -2.36. The van der Waals surface area contributed by atoms with Crippen molar-refractivity contribution in [1.29, 1.82) is 5.26 Å². The number of hydrogen-bond donors (Lipinski definition) is 0. The van der Waals surface area contributed by atoms with Crippen molar-refractivity contribution in [3.05, 3.63) is 64.3 Å². The van der Waals surface area contributed by atoms with E-state index in [2.05, 4.69) is 15.9 Å². The molecular formula is C23H22N4O3. The van der Waals surface area contributed by atoms with Gasteiger partial charge in [-0.2, -0.15) is 5.26 Å². The number of aromatic nitrogens is 1. The number of piperazine rings is 1. The lowest BCUT2D eigenvalue weighted by Crippen LogP contribution is -2.47. The van der Waals surface area contributed by atoms with Crippen LogP contribution < -0.4 is 10.7 Å². The van der Waals surface area contributed by atoms with Crippen LogP contribution in [0.4, 0.5) is 5.69 Å². The number of nitriles is 1. The van der Waals surface area contributed by atoms with E-state index in [1.165, 1.54) is 0 Å². The minimum absolute atomic E-state index is 0.331.